The Balaban J connectivity index is 1.27. The Labute approximate surface area is 193 Å². The van der Waals surface area contributed by atoms with E-state index >= 15 is 0 Å². The van der Waals surface area contributed by atoms with Crippen molar-refractivity contribution in [2.75, 3.05) is 25.1 Å². The quantitative estimate of drug-likeness (QED) is 0.383. The van der Waals surface area contributed by atoms with Gasteiger partial charge in [-0.05, 0) is 62.2 Å². The molecule has 2 aromatic heterocycles. The fourth-order valence-electron chi connectivity index (χ4n) is 4.95. The summed E-state index contributed by atoms with van der Waals surface area (Å²) >= 11 is 1.65. The third-order valence-corrected chi connectivity index (χ3v) is 7.55. The molecule has 1 aliphatic heterocycles. The number of hydrogen-bond acceptors (Lipinski definition) is 5. The number of benzene rings is 2. The molecule has 3 heterocycles. The third kappa shape index (κ3) is 4.05. The number of thioether (sulfide) groups is 1. The summed E-state index contributed by atoms with van der Waals surface area (Å²) in [5.41, 5.74) is 10.2. The minimum absolute atomic E-state index is 0.240. The standard InChI is InChI=1S/C26H30N4OS/c1-32-22-9-5-8-20-23(22)25(27)24-21(28-20)17-30(26(24)31)15-12-18-10-13-29(14-11-18)16-19-6-3-2-4-7-19/h2-9,17-18,31H,10-16,27H2,1H3. The molecule has 3 N–H and O–H groups in total. The van der Waals surface area contributed by atoms with E-state index in [0.29, 0.717) is 17.0 Å². The fourth-order valence-corrected chi connectivity index (χ4v) is 5.58. The van der Waals surface area contributed by atoms with Gasteiger partial charge in [0.1, 0.15) is 0 Å². The van der Waals surface area contributed by atoms with Crippen LogP contribution in [0, 0.1) is 5.92 Å². The van der Waals surface area contributed by atoms with Crippen LogP contribution in [0.3, 0.4) is 0 Å². The first-order chi connectivity index (χ1) is 15.6. The van der Waals surface area contributed by atoms with Crippen LogP contribution in [0.5, 0.6) is 5.88 Å². The summed E-state index contributed by atoms with van der Waals surface area (Å²) in [7, 11) is 0. The monoisotopic (exact) mass is 446 g/mol. The molecule has 1 saturated heterocycles. The molecular weight excluding hydrogens is 416 g/mol. The van der Waals surface area contributed by atoms with Crippen molar-refractivity contribution in [1.29, 1.82) is 0 Å². The second-order valence-corrected chi connectivity index (χ2v) is 9.63. The highest BCUT2D eigenvalue weighted by molar-refractivity contribution is 7.98. The van der Waals surface area contributed by atoms with E-state index in [9.17, 15) is 5.11 Å². The average Bonchev–Trinajstić information content (AvgIpc) is 3.14. The van der Waals surface area contributed by atoms with Crippen LogP contribution in [0.1, 0.15) is 24.8 Å². The number of fused-ring (bicyclic) bond motifs is 2. The van der Waals surface area contributed by atoms with Crippen molar-refractivity contribution in [1.82, 2.24) is 14.5 Å². The second kappa shape index (κ2) is 9.04. The zero-order valence-corrected chi connectivity index (χ0v) is 19.3. The molecule has 0 amide bonds. The van der Waals surface area contributed by atoms with Crippen LogP contribution in [0.2, 0.25) is 0 Å². The zero-order chi connectivity index (χ0) is 22.1. The summed E-state index contributed by atoms with van der Waals surface area (Å²) in [4.78, 5) is 8.43. The predicted molar refractivity (Wildman–Crippen MR) is 134 cm³/mol. The number of rotatable bonds is 6. The van der Waals surface area contributed by atoms with Gasteiger partial charge in [-0.3, -0.25) is 4.90 Å². The van der Waals surface area contributed by atoms with E-state index in [2.05, 4.69) is 41.3 Å². The summed E-state index contributed by atoms with van der Waals surface area (Å²) in [6, 6.07) is 16.8. The zero-order valence-electron chi connectivity index (χ0n) is 18.5. The van der Waals surface area contributed by atoms with Crippen molar-refractivity contribution in [3.8, 4) is 5.88 Å². The molecule has 0 spiro atoms. The summed E-state index contributed by atoms with van der Waals surface area (Å²) in [5, 5.41) is 12.6. The SMILES string of the molecule is CSc1cccc2nc3cn(CCC4CCN(Cc5ccccc5)CC4)c(O)c3c(N)c12. The maximum atomic E-state index is 11.0. The van der Waals surface area contributed by atoms with Gasteiger partial charge in [-0.15, -0.1) is 11.8 Å². The van der Waals surface area contributed by atoms with Crippen molar-refractivity contribution >= 4 is 39.3 Å². The Hall–Kier alpha value is -2.70. The van der Waals surface area contributed by atoms with Crippen molar-refractivity contribution in [3.05, 3.63) is 60.3 Å². The Morgan fingerprint density at radius 2 is 1.81 bits per heavy atom. The summed E-state index contributed by atoms with van der Waals surface area (Å²) in [6.45, 7) is 4.09. The minimum atomic E-state index is 0.240. The molecule has 1 aliphatic rings. The maximum Gasteiger partial charge on any atom is 0.202 e. The number of nitrogen functional groups attached to an aromatic ring is 1. The Morgan fingerprint density at radius 3 is 2.56 bits per heavy atom. The highest BCUT2D eigenvalue weighted by Crippen LogP contribution is 2.39. The number of aromatic nitrogens is 2. The molecule has 5 nitrogen and oxygen atoms in total. The molecule has 0 aliphatic carbocycles. The van der Waals surface area contributed by atoms with Crippen molar-refractivity contribution in [2.45, 2.75) is 37.2 Å². The summed E-state index contributed by atoms with van der Waals surface area (Å²) < 4.78 is 1.93. The van der Waals surface area contributed by atoms with Gasteiger partial charge in [0.2, 0.25) is 5.88 Å². The average molecular weight is 447 g/mol. The molecule has 4 aromatic rings. The van der Waals surface area contributed by atoms with E-state index < -0.39 is 0 Å². The molecular formula is C26H30N4OS. The van der Waals surface area contributed by atoms with Gasteiger partial charge in [-0.2, -0.15) is 0 Å². The van der Waals surface area contributed by atoms with Gasteiger partial charge >= 0.3 is 0 Å². The molecule has 32 heavy (non-hydrogen) atoms. The van der Waals surface area contributed by atoms with Crippen LogP contribution in [0.25, 0.3) is 21.8 Å². The first kappa shape index (κ1) is 21.2. The number of nitrogens with zero attached hydrogens (tertiary/aromatic N) is 3. The molecule has 6 heteroatoms. The molecule has 5 rings (SSSR count). The number of anilines is 1. The predicted octanol–water partition coefficient (Wildman–Crippen LogP) is 5.50. The minimum Gasteiger partial charge on any atom is -0.494 e. The highest BCUT2D eigenvalue weighted by atomic mass is 32.2. The van der Waals surface area contributed by atoms with Crippen LogP contribution in [-0.2, 0) is 13.1 Å². The lowest BCUT2D eigenvalue weighted by molar-refractivity contribution is 0.168. The molecule has 0 bridgehead atoms. The third-order valence-electron chi connectivity index (χ3n) is 6.77. The number of aryl methyl sites for hydroxylation is 1. The summed E-state index contributed by atoms with van der Waals surface area (Å²) in [5.74, 6) is 0.920. The van der Waals surface area contributed by atoms with E-state index in [0.717, 1.165) is 53.9 Å². The number of pyridine rings is 1. The smallest absolute Gasteiger partial charge is 0.202 e. The van der Waals surface area contributed by atoms with Gasteiger partial charge in [-0.1, -0.05) is 36.4 Å². The van der Waals surface area contributed by atoms with Crippen LogP contribution in [0.15, 0.2) is 59.6 Å². The lowest BCUT2D eigenvalue weighted by Gasteiger charge is -2.32. The number of nitrogens with two attached hydrogens (primary N) is 1. The molecule has 0 unspecified atom stereocenters. The lowest BCUT2D eigenvalue weighted by Crippen LogP contribution is -2.33. The number of hydrogen-bond donors (Lipinski definition) is 2. The second-order valence-electron chi connectivity index (χ2n) is 8.78. The molecule has 0 radical (unpaired) electrons. The highest BCUT2D eigenvalue weighted by Gasteiger charge is 2.21. The number of aromatic hydroxyl groups is 1. The largest absolute Gasteiger partial charge is 0.494 e. The number of piperidine rings is 1. The van der Waals surface area contributed by atoms with Gasteiger partial charge in [0.25, 0.3) is 0 Å². The van der Waals surface area contributed by atoms with Crippen molar-refractivity contribution < 1.29 is 5.11 Å². The number of likely N-dealkylation sites (tertiary alicyclic amines) is 1. The van der Waals surface area contributed by atoms with Crippen molar-refractivity contribution in [3.63, 3.8) is 0 Å². The maximum absolute atomic E-state index is 11.0. The summed E-state index contributed by atoms with van der Waals surface area (Å²) in [6.07, 6.45) is 7.46. The topological polar surface area (TPSA) is 67.3 Å². The Kier molecular flexibility index (Phi) is 5.98. The van der Waals surface area contributed by atoms with Crippen LogP contribution in [0.4, 0.5) is 5.69 Å². The van der Waals surface area contributed by atoms with E-state index in [-0.39, 0.29) is 5.88 Å². The van der Waals surface area contributed by atoms with E-state index in [1.54, 1.807) is 11.8 Å². The first-order valence-corrected chi connectivity index (χ1v) is 12.6. The first-order valence-electron chi connectivity index (χ1n) is 11.3. The van der Waals surface area contributed by atoms with Crippen LogP contribution >= 0.6 is 11.8 Å². The lowest BCUT2D eigenvalue weighted by atomic mass is 9.93. The van der Waals surface area contributed by atoms with Crippen molar-refractivity contribution in [2.24, 2.45) is 5.92 Å². The van der Waals surface area contributed by atoms with Gasteiger partial charge in [-0.25, -0.2) is 4.98 Å². The van der Waals surface area contributed by atoms with Crippen LogP contribution in [-0.4, -0.2) is 38.9 Å². The Morgan fingerprint density at radius 1 is 1.03 bits per heavy atom. The molecule has 2 aromatic carbocycles. The normalized spacial score (nSPS) is 15.7. The van der Waals surface area contributed by atoms with Gasteiger partial charge in [0.05, 0.1) is 22.1 Å². The fraction of sp³-hybridized carbons (Fsp3) is 0.346. The molecule has 0 atom stereocenters. The molecule has 1 fully saturated rings. The van der Waals surface area contributed by atoms with E-state index in [1.807, 2.05) is 29.2 Å². The van der Waals surface area contributed by atoms with E-state index in [4.69, 9.17) is 10.7 Å². The van der Waals surface area contributed by atoms with Gasteiger partial charge in [0, 0.05) is 29.6 Å². The van der Waals surface area contributed by atoms with Crippen LogP contribution < -0.4 is 5.73 Å². The molecule has 166 valence electrons. The van der Waals surface area contributed by atoms with Gasteiger partial charge in [0.15, 0.2) is 0 Å². The van der Waals surface area contributed by atoms with E-state index in [1.165, 1.54) is 18.4 Å². The molecule has 0 saturated carbocycles. The van der Waals surface area contributed by atoms with Gasteiger partial charge < -0.3 is 15.4 Å². The Bertz CT molecular complexity index is 1230.